The Balaban J connectivity index is 2.54. The molecule has 2 atom stereocenters. The molecule has 0 bridgehead atoms. The fraction of sp³-hybridized carbons (Fsp3) is 0.438. The van der Waals surface area contributed by atoms with Crippen molar-refractivity contribution in [2.75, 3.05) is 6.54 Å². The molecule has 0 saturated heterocycles. The van der Waals surface area contributed by atoms with Crippen LogP contribution in [0.25, 0.3) is 0 Å². The number of aliphatic imine (C=N–C) groups is 1. The van der Waals surface area contributed by atoms with Crippen LogP contribution in [-0.2, 0) is 16.0 Å². The maximum atomic E-state index is 12.1. The van der Waals surface area contributed by atoms with Crippen LogP contribution in [0, 0.1) is 0 Å². The average molecular weight is 354 g/mol. The molecule has 0 saturated carbocycles. The lowest BCUT2D eigenvalue weighted by Crippen LogP contribution is -2.48. The zero-order valence-electron chi connectivity index (χ0n) is 13.7. The van der Waals surface area contributed by atoms with Crippen LogP contribution in [0.15, 0.2) is 29.3 Å². The third-order valence-corrected chi connectivity index (χ3v) is 3.72. The number of nitrogens with two attached hydrogens (primary N) is 3. The first-order chi connectivity index (χ1) is 11.3. The molecule has 7 N–H and O–H groups in total. The predicted molar refractivity (Wildman–Crippen MR) is 95.7 cm³/mol. The van der Waals surface area contributed by atoms with Crippen molar-refractivity contribution in [3.05, 3.63) is 34.9 Å². The van der Waals surface area contributed by atoms with Crippen LogP contribution in [-0.4, -0.2) is 36.3 Å². The standard InChI is InChI=1S/C16H24ClN5O2/c1-10(23)14(9-11-4-6-12(17)7-5-11)22-15(24)13(18)3-2-8-21-16(19)20/h4-7,13-14H,2-3,8-9,18H2,1H3,(H,22,24)(H4,19,20,21)/t13-,14+/m0/s1. The maximum Gasteiger partial charge on any atom is 0.237 e. The Morgan fingerprint density at radius 3 is 2.42 bits per heavy atom. The molecule has 1 rings (SSSR count). The zero-order valence-corrected chi connectivity index (χ0v) is 14.4. The highest BCUT2D eigenvalue weighted by atomic mass is 35.5. The highest BCUT2D eigenvalue weighted by Gasteiger charge is 2.21. The van der Waals surface area contributed by atoms with Crippen LogP contribution in [0.5, 0.6) is 0 Å². The van der Waals surface area contributed by atoms with Crippen molar-refractivity contribution in [1.82, 2.24) is 5.32 Å². The van der Waals surface area contributed by atoms with Crippen LogP contribution in [0.3, 0.4) is 0 Å². The van der Waals surface area contributed by atoms with Crippen molar-refractivity contribution in [2.45, 2.75) is 38.3 Å². The van der Waals surface area contributed by atoms with Crippen molar-refractivity contribution in [3.63, 3.8) is 0 Å². The van der Waals surface area contributed by atoms with Crippen molar-refractivity contribution in [2.24, 2.45) is 22.2 Å². The number of benzene rings is 1. The van der Waals surface area contributed by atoms with Crippen LogP contribution in [0.2, 0.25) is 5.02 Å². The molecule has 0 heterocycles. The molecule has 0 aromatic heterocycles. The highest BCUT2D eigenvalue weighted by molar-refractivity contribution is 6.30. The number of carbonyl (C=O) groups excluding carboxylic acids is 2. The van der Waals surface area contributed by atoms with Gasteiger partial charge in [-0.05, 0) is 43.9 Å². The zero-order chi connectivity index (χ0) is 18.1. The predicted octanol–water partition coefficient (Wildman–Crippen LogP) is 0.337. The van der Waals surface area contributed by atoms with Crippen molar-refractivity contribution in [3.8, 4) is 0 Å². The number of nitrogens with one attached hydrogen (secondary N) is 1. The van der Waals surface area contributed by atoms with Gasteiger partial charge in [0.25, 0.3) is 0 Å². The molecular weight excluding hydrogens is 330 g/mol. The Labute approximate surface area is 146 Å². The number of Topliss-reactive ketones (excluding diaryl/α,β-unsaturated/α-hetero) is 1. The molecule has 0 aliphatic carbocycles. The largest absolute Gasteiger partial charge is 0.370 e. The number of amides is 1. The smallest absolute Gasteiger partial charge is 0.237 e. The first-order valence-corrected chi connectivity index (χ1v) is 8.03. The summed E-state index contributed by atoms with van der Waals surface area (Å²) in [6, 6.07) is 5.78. The van der Waals surface area contributed by atoms with Gasteiger partial charge in [-0.3, -0.25) is 14.6 Å². The Hall–Kier alpha value is -2.12. The second-order valence-electron chi connectivity index (χ2n) is 5.56. The molecule has 1 aromatic carbocycles. The minimum atomic E-state index is -0.716. The van der Waals surface area contributed by atoms with E-state index in [1.54, 1.807) is 12.1 Å². The van der Waals surface area contributed by atoms with Gasteiger partial charge >= 0.3 is 0 Å². The summed E-state index contributed by atoms with van der Waals surface area (Å²) in [5.41, 5.74) is 17.2. The fourth-order valence-corrected chi connectivity index (χ4v) is 2.21. The molecule has 132 valence electrons. The molecule has 0 aliphatic heterocycles. The summed E-state index contributed by atoms with van der Waals surface area (Å²) in [5, 5.41) is 3.31. The SMILES string of the molecule is CC(=O)[C@@H](Cc1ccc(Cl)cc1)NC(=O)[C@@H](N)CCCN=C(N)N. The molecule has 0 radical (unpaired) electrons. The molecule has 24 heavy (non-hydrogen) atoms. The van der Waals surface area contributed by atoms with Crippen LogP contribution >= 0.6 is 11.6 Å². The minimum absolute atomic E-state index is 0.00707. The van der Waals surface area contributed by atoms with Gasteiger partial charge in [0.2, 0.25) is 5.91 Å². The van der Waals surface area contributed by atoms with Gasteiger partial charge in [-0.2, -0.15) is 0 Å². The topological polar surface area (TPSA) is 137 Å². The summed E-state index contributed by atoms with van der Waals surface area (Å²) in [6.07, 6.45) is 1.39. The molecular formula is C16H24ClN5O2. The van der Waals surface area contributed by atoms with E-state index in [1.807, 2.05) is 12.1 Å². The number of nitrogens with zero attached hydrogens (tertiary/aromatic N) is 1. The Bertz CT molecular complexity index is 585. The van der Waals surface area contributed by atoms with Gasteiger partial charge in [0.15, 0.2) is 11.7 Å². The van der Waals surface area contributed by atoms with Gasteiger partial charge in [-0.1, -0.05) is 23.7 Å². The quantitative estimate of drug-likeness (QED) is 0.288. The van der Waals surface area contributed by atoms with E-state index in [4.69, 9.17) is 28.8 Å². The number of hydrogen-bond donors (Lipinski definition) is 4. The molecule has 0 spiro atoms. The van der Waals surface area contributed by atoms with Gasteiger partial charge in [0.05, 0.1) is 12.1 Å². The van der Waals surface area contributed by atoms with Gasteiger partial charge in [-0.15, -0.1) is 0 Å². The summed E-state index contributed by atoms with van der Waals surface area (Å²) in [4.78, 5) is 27.7. The van der Waals surface area contributed by atoms with E-state index in [0.29, 0.717) is 30.8 Å². The minimum Gasteiger partial charge on any atom is -0.370 e. The Morgan fingerprint density at radius 2 is 1.88 bits per heavy atom. The molecule has 0 aliphatic rings. The van der Waals surface area contributed by atoms with Crippen LogP contribution in [0.1, 0.15) is 25.3 Å². The van der Waals surface area contributed by atoms with E-state index in [-0.39, 0.29) is 17.6 Å². The molecule has 0 unspecified atom stereocenters. The summed E-state index contributed by atoms with van der Waals surface area (Å²) < 4.78 is 0. The molecule has 7 nitrogen and oxygen atoms in total. The lowest BCUT2D eigenvalue weighted by atomic mass is 10.0. The van der Waals surface area contributed by atoms with Crippen molar-refractivity contribution < 1.29 is 9.59 Å². The van der Waals surface area contributed by atoms with E-state index in [1.165, 1.54) is 6.92 Å². The van der Waals surface area contributed by atoms with E-state index >= 15 is 0 Å². The number of hydrogen-bond acceptors (Lipinski definition) is 4. The summed E-state index contributed by atoms with van der Waals surface area (Å²) in [7, 11) is 0. The summed E-state index contributed by atoms with van der Waals surface area (Å²) in [6.45, 7) is 1.84. The highest BCUT2D eigenvalue weighted by Crippen LogP contribution is 2.11. The fourth-order valence-electron chi connectivity index (χ4n) is 2.08. The third kappa shape index (κ3) is 7.43. The lowest BCUT2D eigenvalue weighted by molar-refractivity contribution is -0.127. The Kier molecular flexibility index (Phi) is 8.21. The second kappa shape index (κ2) is 9.89. The number of ketones is 1. The van der Waals surface area contributed by atoms with E-state index in [2.05, 4.69) is 10.3 Å². The van der Waals surface area contributed by atoms with E-state index < -0.39 is 12.1 Å². The van der Waals surface area contributed by atoms with Crippen molar-refractivity contribution >= 4 is 29.3 Å². The van der Waals surface area contributed by atoms with Crippen LogP contribution in [0.4, 0.5) is 0 Å². The normalized spacial score (nSPS) is 13.0. The summed E-state index contributed by atoms with van der Waals surface area (Å²) in [5.74, 6) is -0.493. The van der Waals surface area contributed by atoms with Gasteiger partial charge < -0.3 is 22.5 Å². The van der Waals surface area contributed by atoms with Crippen molar-refractivity contribution in [1.29, 1.82) is 0 Å². The van der Waals surface area contributed by atoms with Gasteiger partial charge in [0.1, 0.15) is 0 Å². The monoisotopic (exact) mass is 353 g/mol. The van der Waals surface area contributed by atoms with E-state index in [9.17, 15) is 9.59 Å². The first-order valence-electron chi connectivity index (χ1n) is 7.66. The average Bonchev–Trinajstić information content (AvgIpc) is 2.52. The number of rotatable bonds is 9. The molecule has 1 amide bonds. The number of carbonyl (C=O) groups is 2. The third-order valence-electron chi connectivity index (χ3n) is 3.46. The van der Waals surface area contributed by atoms with Gasteiger partial charge in [0, 0.05) is 11.6 Å². The molecule has 0 fully saturated rings. The van der Waals surface area contributed by atoms with Crippen LogP contribution < -0.4 is 22.5 Å². The van der Waals surface area contributed by atoms with Gasteiger partial charge in [-0.25, -0.2) is 0 Å². The van der Waals surface area contributed by atoms with E-state index in [0.717, 1.165) is 5.56 Å². The maximum absolute atomic E-state index is 12.1. The first kappa shape index (κ1) is 19.9. The lowest BCUT2D eigenvalue weighted by Gasteiger charge is -2.19. The summed E-state index contributed by atoms with van der Waals surface area (Å²) >= 11 is 5.84. The number of guanidine groups is 1. The molecule has 8 heteroatoms. The Morgan fingerprint density at radius 1 is 1.25 bits per heavy atom. The molecule has 1 aromatic rings. The number of halogens is 1. The second-order valence-corrected chi connectivity index (χ2v) is 5.99.